The van der Waals surface area contributed by atoms with Crippen LogP contribution < -0.4 is 5.69 Å². The number of nitrogens with zero attached hydrogens (tertiary/aromatic N) is 2. The Morgan fingerprint density at radius 2 is 2.23 bits per heavy atom. The molecule has 0 saturated carbocycles. The molecular formula is C10H16N2O. The number of aryl methyl sites for hydroxylation is 2. The minimum Gasteiger partial charge on any atom is -0.299 e. The zero-order valence-electron chi connectivity index (χ0n) is 8.29. The maximum Gasteiger partial charge on any atom is 0.347 e. The van der Waals surface area contributed by atoms with E-state index in [-0.39, 0.29) is 5.69 Å². The summed E-state index contributed by atoms with van der Waals surface area (Å²) in [5.41, 5.74) is 0.660. The van der Waals surface area contributed by atoms with Crippen molar-refractivity contribution in [1.82, 2.24) is 9.55 Å². The summed E-state index contributed by atoms with van der Waals surface area (Å²) in [4.78, 5) is 15.1. The smallest absolute Gasteiger partial charge is 0.299 e. The van der Waals surface area contributed by atoms with Crippen molar-refractivity contribution >= 4 is 0 Å². The Labute approximate surface area is 78.4 Å². The van der Waals surface area contributed by atoms with E-state index in [9.17, 15) is 4.79 Å². The van der Waals surface area contributed by atoms with Gasteiger partial charge in [0.15, 0.2) is 0 Å². The zero-order valence-corrected chi connectivity index (χ0v) is 8.29. The van der Waals surface area contributed by atoms with Gasteiger partial charge >= 0.3 is 5.69 Å². The van der Waals surface area contributed by atoms with Gasteiger partial charge in [0, 0.05) is 18.4 Å². The molecule has 0 fully saturated rings. The van der Waals surface area contributed by atoms with Crippen LogP contribution in [-0.4, -0.2) is 9.55 Å². The summed E-state index contributed by atoms with van der Waals surface area (Å²) in [6.45, 7) is 4.77. The largest absolute Gasteiger partial charge is 0.347 e. The highest BCUT2D eigenvalue weighted by Gasteiger charge is 1.95. The third-order valence-electron chi connectivity index (χ3n) is 2.02. The molecule has 0 atom stereocenters. The molecule has 1 aromatic rings. The van der Waals surface area contributed by atoms with Crippen LogP contribution in [-0.2, 0) is 6.54 Å². The quantitative estimate of drug-likeness (QED) is 0.661. The molecule has 0 amide bonds. The third kappa shape index (κ3) is 3.01. The number of hydrogen-bond donors (Lipinski definition) is 0. The summed E-state index contributed by atoms with van der Waals surface area (Å²) >= 11 is 0. The third-order valence-corrected chi connectivity index (χ3v) is 2.02. The fourth-order valence-electron chi connectivity index (χ4n) is 1.22. The van der Waals surface area contributed by atoms with Crippen LogP contribution in [0.25, 0.3) is 0 Å². The fraction of sp³-hybridized carbons (Fsp3) is 0.600. The summed E-state index contributed by atoms with van der Waals surface area (Å²) in [5, 5.41) is 0. The van der Waals surface area contributed by atoms with Crippen LogP contribution in [0, 0.1) is 6.92 Å². The highest BCUT2D eigenvalue weighted by Crippen LogP contribution is 1.96. The van der Waals surface area contributed by atoms with E-state index >= 15 is 0 Å². The van der Waals surface area contributed by atoms with E-state index in [1.165, 1.54) is 12.8 Å². The highest BCUT2D eigenvalue weighted by molar-refractivity contribution is 4.95. The first kappa shape index (κ1) is 9.96. The van der Waals surface area contributed by atoms with Gasteiger partial charge in [-0.1, -0.05) is 19.8 Å². The molecule has 3 heteroatoms. The standard InChI is InChI=1S/C10H16N2O/c1-3-4-5-7-12-8-6-9(2)11-10(12)13/h6,8H,3-5,7H2,1-2H3. The van der Waals surface area contributed by atoms with E-state index in [4.69, 9.17) is 0 Å². The number of rotatable bonds is 4. The first-order chi connectivity index (χ1) is 6.24. The number of hydrogen-bond acceptors (Lipinski definition) is 2. The topological polar surface area (TPSA) is 34.9 Å². The van der Waals surface area contributed by atoms with Crippen LogP contribution in [0.5, 0.6) is 0 Å². The summed E-state index contributed by atoms with van der Waals surface area (Å²) in [6.07, 6.45) is 5.22. The highest BCUT2D eigenvalue weighted by atomic mass is 16.1. The molecule has 72 valence electrons. The molecule has 1 aromatic heterocycles. The molecule has 0 aromatic carbocycles. The molecule has 0 bridgehead atoms. The van der Waals surface area contributed by atoms with Crippen LogP contribution in [0.3, 0.4) is 0 Å². The Kier molecular flexibility index (Phi) is 3.68. The predicted octanol–water partition coefficient (Wildman–Crippen LogP) is 1.74. The van der Waals surface area contributed by atoms with Gasteiger partial charge in [0.25, 0.3) is 0 Å². The van der Waals surface area contributed by atoms with Gasteiger partial charge in [0.1, 0.15) is 0 Å². The fourth-order valence-corrected chi connectivity index (χ4v) is 1.22. The average molecular weight is 180 g/mol. The van der Waals surface area contributed by atoms with Crippen molar-refractivity contribution in [3.05, 3.63) is 28.4 Å². The normalized spacial score (nSPS) is 10.3. The van der Waals surface area contributed by atoms with Crippen molar-refractivity contribution in [2.24, 2.45) is 0 Å². The summed E-state index contributed by atoms with van der Waals surface area (Å²) < 4.78 is 1.67. The van der Waals surface area contributed by atoms with Crippen molar-refractivity contribution in [3.63, 3.8) is 0 Å². The molecule has 0 aliphatic heterocycles. The lowest BCUT2D eigenvalue weighted by atomic mass is 10.2. The van der Waals surface area contributed by atoms with E-state index in [1.54, 1.807) is 4.57 Å². The summed E-state index contributed by atoms with van der Waals surface area (Å²) in [5.74, 6) is 0. The maximum atomic E-state index is 11.3. The molecule has 0 spiro atoms. The Morgan fingerprint density at radius 3 is 2.85 bits per heavy atom. The molecule has 3 nitrogen and oxygen atoms in total. The van der Waals surface area contributed by atoms with Gasteiger partial charge in [-0.05, 0) is 19.4 Å². The monoisotopic (exact) mass is 180 g/mol. The molecule has 0 radical (unpaired) electrons. The minimum atomic E-state index is -0.129. The maximum absolute atomic E-state index is 11.3. The van der Waals surface area contributed by atoms with Crippen molar-refractivity contribution in [1.29, 1.82) is 0 Å². The lowest BCUT2D eigenvalue weighted by Crippen LogP contribution is -2.22. The van der Waals surface area contributed by atoms with Crippen molar-refractivity contribution in [2.75, 3.05) is 0 Å². The SMILES string of the molecule is CCCCCn1ccc(C)nc1=O. The Hall–Kier alpha value is -1.12. The Balaban J connectivity index is 2.62. The van der Waals surface area contributed by atoms with E-state index in [2.05, 4.69) is 11.9 Å². The van der Waals surface area contributed by atoms with Crippen molar-refractivity contribution < 1.29 is 0 Å². The summed E-state index contributed by atoms with van der Waals surface area (Å²) in [6, 6.07) is 1.87. The molecule has 0 N–H and O–H groups in total. The lowest BCUT2D eigenvalue weighted by Gasteiger charge is -2.03. The Morgan fingerprint density at radius 1 is 1.46 bits per heavy atom. The van der Waals surface area contributed by atoms with Crippen LogP contribution in [0.4, 0.5) is 0 Å². The number of aromatic nitrogens is 2. The second-order valence-electron chi connectivity index (χ2n) is 3.25. The van der Waals surface area contributed by atoms with Gasteiger partial charge in [-0.15, -0.1) is 0 Å². The van der Waals surface area contributed by atoms with E-state index in [0.717, 1.165) is 18.7 Å². The first-order valence-corrected chi connectivity index (χ1v) is 4.78. The minimum absolute atomic E-state index is 0.129. The van der Waals surface area contributed by atoms with Crippen molar-refractivity contribution in [2.45, 2.75) is 39.7 Å². The molecule has 13 heavy (non-hydrogen) atoms. The van der Waals surface area contributed by atoms with Crippen molar-refractivity contribution in [3.8, 4) is 0 Å². The molecule has 1 rings (SSSR count). The molecule has 0 saturated heterocycles. The second-order valence-corrected chi connectivity index (χ2v) is 3.25. The van der Waals surface area contributed by atoms with Gasteiger partial charge in [0.05, 0.1) is 0 Å². The van der Waals surface area contributed by atoms with Crippen LogP contribution in [0.15, 0.2) is 17.1 Å². The van der Waals surface area contributed by atoms with Gasteiger partial charge < -0.3 is 0 Å². The van der Waals surface area contributed by atoms with Crippen LogP contribution in [0.2, 0.25) is 0 Å². The van der Waals surface area contributed by atoms with Gasteiger partial charge in [-0.25, -0.2) is 4.79 Å². The number of unbranched alkanes of at least 4 members (excludes halogenated alkanes) is 2. The van der Waals surface area contributed by atoms with E-state index in [1.807, 2.05) is 19.2 Å². The van der Waals surface area contributed by atoms with Gasteiger partial charge in [-0.3, -0.25) is 4.57 Å². The molecule has 0 aliphatic rings. The average Bonchev–Trinajstić information content (AvgIpc) is 2.09. The van der Waals surface area contributed by atoms with Gasteiger partial charge in [-0.2, -0.15) is 4.98 Å². The Bertz CT molecular complexity index is 317. The van der Waals surface area contributed by atoms with E-state index < -0.39 is 0 Å². The van der Waals surface area contributed by atoms with E-state index in [0.29, 0.717) is 0 Å². The molecular weight excluding hydrogens is 164 g/mol. The summed E-state index contributed by atoms with van der Waals surface area (Å²) in [7, 11) is 0. The van der Waals surface area contributed by atoms with Gasteiger partial charge in [0.2, 0.25) is 0 Å². The molecule has 1 heterocycles. The predicted molar refractivity (Wildman–Crippen MR) is 52.8 cm³/mol. The lowest BCUT2D eigenvalue weighted by molar-refractivity contribution is 0.575. The molecule has 0 aliphatic carbocycles. The second kappa shape index (κ2) is 4.80. The van der Waals surface area contributed by atoms with Crippen LogP contribution >= 0.6 is 0 Å². The van der Waals surface area contributed by atoms with Crippen LogP contribution in [0.1, 0.15) is 31.9 Å². The molecule has 0 unspecified atom stereocenters. The zero-order chi connectivity index (χ0) is 9.68. The first-order valence-electron chi connectivity index (χ1n) is 4.78.